The van der Waals surface area contributed by atoms with Crippen molar-refractivity contribution in [3.8, 4) is 0 Å². The highest BCUT2D eigenvalue weighted by molar-refractivity contribution is 9.10. The van der Waals surface area contributed by atoms with Crippen LogP contribution in [0.1, 0.15) is 46.6 Å². The van der Waals surface area contributed by atoms with Crippen molar-refractivity contribution in [2.75, 3.05) is 0 Å². The van der Waals surface area contributed by atoms with Crippen molar-refractivity contribution in [3.05, 3.63) is 49.4 Å². The van der Waals surface area contributed by atoms with E-state index in [0.29, 0.717) is 6.04 Å². The van der Waals surface area contributed by atoms with Crippen molar-refractivity contribution in [2.45, 2.75) is 46.7 Å². The van der Waals surface area contributed by atoms with Crippen molar-refractivity contribution >= 4 is 27.3 Å². The maximum atomic E-state index is 4.74. The quantitative estimate of drug-likeness (QED) is 0.844. The SMILES string of the molecule is Cc1ccc(C(NC(C)C)c2nc(C)c(C)s2)c(Br)c1. The average Bonchev–Trinajstić information content (AvgIpc) is 2.67. The van der Waals surface area contributed by atoms with Crippen LogP contribution >= 0.6 is 27.3 Å². The topological polar surface area (TPSA) is 24.9 Å². The molecule has 0 fully saturated rings. The molecule has 1 N–H and O–H groups in total. The smallest absolute Gasteiger partial charge is 0.115 e. The van der Waals surface area contributed by atoms with Gasteiger partial charge in [0.05, 0.1) is 11.7 Å². The molecule has 4 heteroatoms. The van der Waals surface area contributed by atoms with Crippen molar-refractivity contribution in [1.29, 1.82) is 0 Å². The standard InChI is InChI=1S/C16H21BrN2S/c1-9(2)18-15(16-19-11(4)12(5)20-16)13-7-6-10(3)8-14(13)17/h6-9,15,18H,1-5H3. The molecule has 1 aromatic heterocycles. The highest BCUT2D eigenvalue weighted by atomic mass is 79.9. The highest BCUT2D eigenvalue weighted by Gasteiger charge is 2.21. The number of hydrogen-bond acceptors (Lipinski definition) is 3. The Hall–Kier alpha value is -0.710. The first kappa shape index (κ1) is 15.7. The van der Waals surface area contributed by atoms with Gasteiger partial charge in [0, 0.05) is 15.4 Å². The molecule has 0 radical (unpaired) electrons. The zero-order valence-corrected chi connectivity index (χ0v) is 15.0. The number of thiazole rings is 1. The van der Waals surface area contributed by atoms with Gasteiger partial charge < -0.3 is 5.32 Å². The summed E-state index contributed by atoms with van der Waals surface area (Å²) in [6.07, 6.45) is 0. The number of aromatic nitrogens is 1. The lowest BCUT2D eigenvalue weighted by Crippen LogP contribution is -2.29. The van der Waals surface area contributed by atoms with Gasteiger partial charge in [0.25, 0.3) is 0 Å². The Morgan fingerprint density at radius 2 is 1.90 bits per heavy atom. The van der Waals surface area contributed by atoms with Gasteiger partial charge in [0.2, 0.25) is 0 Å². The van der Waals surface area contributed by atoms with Crippen molar-refractivity contribution < 1.29 is 0 Å². The normalized spacial score (nSPS) is 12.9. The van der Waals surface area contributed by atoms with Crippen LogP contribution in [0.5, 0.6) is 0 Å². The Bertz CT molecular complexity index is 585. The lowest BCUT2D eigenvalue weighted by atomic mass is 10.0. The van der Waals surface area contributed by atoms with Gasteiger partial charge >= 0.3 is 0 Å². The third-order valence-electron chi connectivity index (χ3n) is 3.26. The van der Waals surface area contributed by atoms with Gasteiger partial charge in [0.15, 0.2) is 0 Å². The Morgan fingerprint density at radius 1 is 1.20 bits per heavy atom. The summed E-state index contributed by atoms with van der Waals surface area (Å²) in [6, 6.07) is 7.05. The molecule has 1 atom stereocenters. The molecule has 0 aliphatic rings. The molecule has 1 aromatic carbocycles. The van der Waals surface area contributed by atoms with E-state index in [1.165, 1.54) is 16.0 Å². The molecule has 0 saturated heterocycles. The van der Waals surface area contributed by atoms with Gasteiger partial charge in [-0.05, 0) is 51.8 Å². The first-order valence-electron chi connectivity index (χ1n) is 6.84. The predicted molar refractivity (Wildman–Crippen MR) is 90.6 cm³/mol. The van der Waals surface area contributed by atoms with E-state index in [0.717, 1.165) is 15.2 Å². The molecule has 2 nitrogen and oxygen atoms in total. The Kier molecular flexibility index (Phi) is 4.99. The minimum absolute atomic E-state index is 0.141. The van der Waals surface area contributed by atoms with Crippen molar-refractivity contribution in [3.63, 3.8) is 0 Å². The molecule has 2 aromatic rings. The van der Waals surface area contributed by atoms with Crippen LogP contribution in [-0.4, -0.2) is 11.0 Å². The van der Waals surface area contributed by atoms with Gasteiger partial charge in [0.1, 0.15) is 5.01 Å². The van der Waals surface area contributed by atoms with Crippen LogP contribution in [0.3, 0.4) is 0 Å². The second-order valence-electron chi connectivity index (χ2n) is 5.47. The Labute approximate surface area is 133 Å². The fourth-order valence-electron chi connectivity index (χ4n) is 2.11. The summed E-state index contributed by atoms with van der Waals surface area (Å²) < 4.78 is 1.14. The van der Waals surface area contributed by atoms with Crippen molar-refractivity contribution in [2.24, 2.45) is 0 Å². The second-order valence-corrected chi connectivity index (χ2v) is 7.56. The minimum Gasteiger partial charge on any atom is -0.302 e. The zero-order chi connectivity index (χ0) is 14.9. The predicted octanol–water partition coefficient (Wildman–Crippen LogP) is 4.92. The van der Waals surface area contributed by atoms with E-state index in [1.807, 2.05) is 0 Å². The average molecular weight is 353 g/mol. The number of nitrogens with one attached hydrogen (secondary N) is 1. The molecule has 0 bridgehead atoms. The number of halogens is 1. The molecule has 1 heterocycles. The fourth-order valence-corrected chi connectivity index (χ4v) is 3.84. The van der Waals surface area contributed by atoms with E-state index in [2.05, 4.69) is 74.1 Å². The van der Waals surface area contributed by atoms with E-state index in [4.69, 9.17) is 4.98 Å². The summed E-state index contributed by atoms with van der Waals surface area (Å²) in [5.74, 6) is 0. The van der Waals surface area contributed by atoms with Crippen LogP contribution in [0, 0.1) is 20.8 Å². The summed E-state index contributed by atoms with van der Waals surface area (Å²) in [4.78, 5) is 6.03. The van der Waals surface area contributed by atoms with E-state index in [1.54, 1.807) is 11.3 Å². The maximum Gasteiger partial charge on any atom is 0.115 e. The van der Waals surface area contributed by atoms with Gasteiger partial charge in [-0.1, -0.05) is 28.1 Å². The molecule has 2 rings (SSSR count). The Balaban J connectivity index is 2.46. The first-order valence-corrected chi connectivity index (χ1v) is 8.45. The van der Waals surface area contributed by atoms with Gasteiger partial charge in [-0.15, -0.1) is 11.3 Å². The molecule has 20 heavy (non-hydrogen) atoms. The molecule has 0 spiro atoms. The third-order valence-corrected chi connectivity index (χ3v) is 5.08. The third kappa shape index (κ3) is 3.48. The van der Waals surface area contributed by atoms with Crippen molar-refractivity contribution in [1.82, 2.24) is 10.3 Å². The summed E-state index contributed by atoms with van der Waals surface area (Å²) >= 11 is 5.47. The molecule has 0 aliphatic heterocycles. The number of nitrogens with zero attached hydrogens (tertiary/aromatic N) is 1. The monoisotopic (exact) mass is 352 g/mol. The van der Waals surface area contributed by atoms with Gasteiger partial charge in [-0.25, -0.2) is 4.98 Å². The van der Waals surface area contributed by atoms with Crippen LogP contribution in [0.4, 0.5) is 0 Å². The molecule has 1 unspecified atom stereocenters. The van der Waals surface area contributed by atoms with Crippen LogP contribution in [0.15, 0.2) is 22.7 Å². The van der Waals surface area contributed by atoms with E-state index >= 15 is 0 Å². The lowest BCUT2D eigenvalue weighted by molar-refractivity contribution is 0.525. The van der Waals surface area contributed by atoms with Crippen LogP contribution in [-0.2, 0) is 0 Å². The summed E-state index contributed by atoms with van der Waals surface area (Å²) in [6.45, 7) is 10.7. The number of rotatable bonds is 4. The number of hydrogen-bond donors (Lipinski definition) is 1. The summed E-state index contributed by atoms with van der Waals surface area (Å²) in [5.41, 5.74) is 3.64. The lowest BCUT2D eigenvalue weighted by Gasteiger charge is -2.21. The molecular weight excluding hydrogens is 332 g/mol. The molecule has 0 aliphatic carbocycles. The molecule has 108 valence electrons. The highest BCUT2D eigenvalue weighted by Crippen LogP contribution is 2.33. The molecule has 0 saturated carbocycles. The van der Waals surface area contributed by atoms with Crippen LogP contribution in [0.25, 0.3) is 0 Å². The molecule has 0 amide bonds. The largest absolute Gasteiger partial charge is 0.302 e. The second kappa shape index (κ2) is 6.37. The summed E-state index contributed by atoms with van der Waals surface area (Å²) in [7, 11) is 0. The first-order chi connectivity index (χ1) is 9.38. The zero-order valence-electron chi connectivity index (χ0n) is 12.6. The van der Waals surface area contributed by atoms with E-state index in [9.17, 15) is 0 Å². The minimum atomic E-state index is 0.141. The molecular formula is C16H21BrN2S. The van der Waals surface area contributed by atoms with Gasteiger partial charge in [-0.2, -0.15) is 0 Å². The number of benzene rings is 1. The van der Waals surface area contributed by atoms with E-state index in [-0.39, 0.29) is 6.04 Å². The maximum absolute atomic E-state index is 4.74. The van der Waals surface area contributed by atoms with E-state index < -0.39 is 0 Å². The van der Waals surface area contributed by atoms with Crippen LogP contribution < -0.4 is 5.32 Å². The fraction of sp³-hybridized carbons (Fsp3) is 0.438. The van der Waals surface area contributed by atoms with Crippen LogP contribution in [0.2, 0.25) is 0 Å². The van der Waals surface area contributed by atoms with Gasteiger partial charge in [-0.3, -0.25) is 0 Å². The Morgan fingerprint density at radius 3 is 2.40 bits per heavy atom. The number of aryl methyl sites for hydroxylation is 3. The summed E-state index contributed by atoms with van der Waals surface area (Å²) in [5, 5.41) is 4.77.